The molecule has 4 heterocycles. The predicted octanol–water partition coefficient (Wildman–Crippen LogP) is 9.43. The van der Waals surface area contributed by atoms with E-state index in [4.69, 9.17) is 6.57 Å². The molecule has 0 atom stereocenters. The maximum Gasteiger partial charge on any atom is 0.187 e. The molecule has 0 aliphatic carbocycles. The van der Waals surface area contributed by atoms with Crippen molar-refractivity contribution in [2.45, 2.75) is 55.4 Å². The first kappa shape index (κ1) is 36.5. The van der Waals surface area contributed by atoms with Gasteiger partial charge in [0.05, 0.1) is 18.0 Å². The van der Waals surface area contributed by atoms with Gasteiger partial charge in [-0.1, -0.05) is 76.9 Å². The molecule has 4 aromatic rings. The zero-order valence-electron chi connectivity index (χ0n) is 28.2. The van der Waals surface area contributed by atoms with Crippen LogP contribution in [0.5, 0.6) is 0 Å². The largest absolute Gasteiger partial charge is 0.663 e. The molecular formula is C39H37N5Zn2-2. The van der Waals surface area contributed by atoms with Crippen LogP contribution in [0.4, 0.5) is 5.69 Å². The Morgan fingerprint density at radius 2 is 1.00 bits per heavy atom. The fraction of sp³-hybridized carbons (Fsp3) is 0.205. The van der Waals surface area contributed by atoms with Crippen molar-refractivity contribution >= 4 is 29.3 Å². The summed E-state index contributed by atoms with van der Waals surface area (Å²) in [5, 5.41) is 0. The minimum Gasteiger partial charge on any atom is -0.663 e. The molecule has 7 heteroatoms. The molecule has 2 aliphatic rings. The Morgan fingerprint density at radius 3 is 1.33 bits per heavy atom. The fourth-order valence-corrected chi connectivity index (χ4v) is 5.25. The minimum absolute atomic E-state index is 0. The molecule has 0 spiro atoms. The number of rotatable bonds is 4. The van der Waals surface area contributed by atoms with Gasteiger partial charge < -0.3 is 9.97 Å². The van der Waals surface area contributed by atoms with Gasteiger partial charge in [0.1, 0.15) is 0 Å². The summed E-state index contributed by atoms with van der Waals surface area (Å²) >= 11 is 0. The van der Waals surface area contributed by atoms with Crippen LogP contribution in [0.15, 0.2) is 111 Å². The minimum atomic E-state index is 0. The van der Waals surface area contributed by atoms with Gasteiger partial charge in [-0.05, 0) is 100.0 Å². The molecule has 46 heavy (non-hydrogen) atoms. The maximum absolute atomic E-state index is 7.12. The van der Waals surface area contributed by atoms with Crippen molar-refractivity contribution in [1.82, 2.24) is 9.97 Å². The van der Waals surface area contributed by atoms with Gasteiger partial charge in [0.15, 0.2) is 5.69 Å². The average molecular weight is 707 g/mol. The normalized spacial score (nSPS) is 15.6. The van der Waals surface area contributed by atoms with E-state index in [0.717, 1.165) is 39.5 Å². The Labute approximate surface area is 298 Å². The van der Waals surface area contributed by atoms with Gasteiger partial charge in [-0.15, -0.1) is 11.4 Å². The molecule has 0 saturated heterocycles. The van der Waals surface area contributed by atoms with Gasteiger partial charge in [-0.3, -0.25) is 9.98 Å². The molecule has 6 rings (SSSR count). The number of nitrogens with zero attached hydrogens (tertiary/aromatic N) is 5. The Kier molecular flexibility index (Phi) is 12.3. The van der Waals surface area contributed by atoms with E-state index in [9.17, 15) is 0 Å². The van der Waals surface area contributed by atoms with Crippen LogP contribution in [-0.2, 0) is 39.0 Å². The van der Waals surface area contributed by atoms with Gasteiger partial charge in [-0.2, -0.15) is 12.4 Å². The zero-order valence-corrected chi connectivity index (χ0v) is 34.1. The fourth-order valence-electron chi connectivity index (χ4n) is 5.25. The Bertz CT molecular complexity index is 1970. The van der Waals surface area contributed by atoms with E-state index in [2.05, 4.69) is 104 Å². The van der Waals surface area contributed by atoms with Crippen molar-refractivity contribution < 1.29 is 39.0 Å². The standard InChI is InChI=1S/C20H18N3.C19H19N2.2Zn/c1-12-10-22-19(14(12)3)18(20-15(4)13(2)11-23-20)16-6-8-17(21-5)9-7-16;1-12-10-20-18(14(12)3)17(16-8-6-5-7-9-16)19-15(4)13(2)11-21-19;;/h6-11H,1-4H3;5-11H,1-4H3;;/q2*-1;;. The number of allylic oxidation sites excluding steroid dienone is 4. The third kappa shape index (κ3) is 7.20. The third-order valence-electron chi connectivity index (χ3n) is 8.63. The van der Waals surface area contributed by atoms with Crippen LogP contribution in [0.1, 0.15) is 72.5 Å². The second-order valence-corrected chi connectivity index (χ2v) is 11.4. The van der Waals surface area contributed by atoms with Crippen molar-refractivity contribution in [3.8, 4) is 0 Å². The molecule has 2 aromatic carbocycles. The van der Waals surface area contributed by atoms with Crippen LogP contribution >= 0.6 is 0 Å². The van der Waals surface area contributed by atoms with Gasteiger partial charge in [0.25, 0.3) is 0 Å². The van der Waals surface area contributed by atoms with Gasteiger partial charge in [0.2, 0.25) is 0 Å². The third-order valence-corrected chi connectivity index (χ3v) is 8.63. The number of aromatic nitrogens is 2. The second-order valence-electron chi connectivity index (χ2n) is 11.4. The molecule has 5 nitrogen and oxygen atoms in total. The second kappa shape index (κ2) is 15.6. The molecule has 0 bridgehead atoms. The summed E-state index contributed by atoms with van der Waals surface area (Å²) in [7, 11) is 0. The predicted molar refractivity (Wildman–Crippen MR) is 183 cm³/mol. The van der Waals surface area contributed by atoms with Crippen LogP contribution in [0.25, 0.3) is 16.0 Å². The average Bonchev–Trinajstić information content (AvgIpc) is 3.76. The molecule has 0 unspecified atom stereocenters. The number of aryl methyl sites for hydroxylation is 2. The molecule has 0 fully saturated rings. The van der Waals surface area contributed by atoms with E-state index in [0.29, 0.717) is 5.69 Å². The number of benzene rings is 2. The summed E-state index contributed by atoms with van der Waals surface area (Å²) in [6.07, 6.45) is 7.70. The molecule has 0 saturated carbocycles. The summed E-state index contributed by atoms with van der Waals surface area (Å²) in [6.45, 7) is 23.9. The van der Waals surface area contributed by atoms with Crippen LogP contribution < -0.4 is 9.97 Å². The van der Waals surface area contributed by atoms with Crippen molar-refractivity contribution in [2.24, 2.45) is 9.98 Å². The SMILES string of the molecule is CC1=C(C)C(=C(c2ccccc2)c2[n-]cc(C)c2C)N=C1.[C-]#[N+]c1ccc(C(=C2N=CC(C)=C2C)c2[n-]cc(C)c2C)cc1.[Zn].[Zn]. The first-order chi connectivity index (χ1) is 21.1. The smallest absolute Gasteiger partial charge is 0.187 e. The Balaban J connectivity index is 0.000000241. The topological polar surface area (TPSA) is 57.3 Å². The summed E-state index contributed by atoms with van der Waals surface area (Å²) in [4.78, 5) is 22.0. The van der Waals surface area contributed by atoms with Gasteiger partial charge >= 0.3 is 0 Å². The summed E-state index contributed by atoms with van der Waals surface area (Å²) in [5.74, 6) is 0. The van der Waals surface area contributed by atoms with Crippen molar-refractivity contribution in [3.63, 3.8) is 0 Å². The zero-order chi connectivity index (χ0) is 31.5. The van der Waals surface area contributed by atoms with Crippen LogP contribution in [0.2, 0.25) is 0 Å². The molecule has 2 aliphatic heterocycles. The first-order valence-corrected chi connectivity index (χ1v) is 14.8. The first-order valence-electron chi connectivity index (χ1n) is 14.8. The van der Waals surface area contributed by atoms with E-state index in [1.807, 2.05) is 55.2 Å². The maximum atomic E-state index is 7.12. The van der Waals surface area contributed by atoms with E-state index in [1.165, 1.54) is 50.1 Å². The van der Waals surface area contributed by atoms with Crippen molar-refractivity contribution in [1.29, 1.82) is 0 Å². The molecule has 224 valence electrons. The van der Waals surface area contributed by atoms with Crippen molar-refractivity contribution in [3.05, 3.63) is 157 Å². The summed E-state index contributed by atoms with van der Waals surface area (Å²) in [6, 6.07) is 18.1. The van der Waals surface area contributed by atoms with Crippen LogP contribution in [0, 0.1) is 34.3 Å². The number of hydrogen-bond donors (Lipinski definition) is 0. The van der Waals surface area contributed by atoms with E-state index in [-0.39, 0.29) is 39.0 Å². The van der Waals surface area contributed by atoms with Gasteiger partial charge in [-0.25, -0.2) is 4.85 Å². The number of hydrogen-bond acceptors (Lipinski definition) is 2. The van der Waals surface area contributed by atoms with Crippen LogP contribution in [-0.4, -0.2) is 12.4 Å². The quantitative estimate of drug-likeness (QED) is 0.157. The molecule has 2 aromatic heterocycles. The molecule has 0 N–H and O–H groups in total. The molecule has 0 radical (unpaired) electrons. The van der Waals surface area contributed by atoms with E-state index in [1.54, 1.807) is 0 Å². The van der Waals surface area contributed by atoms with Crippen molar-refractivity contribution in [2.75, 3.05) is 0 Å². The Hall–Kier alpha value is -3.96. The molecular weight excluding hydrogens is 669 g/mol. The molecule has 0 amide bonds. The van der Waals surface area contributed by atoms with E-state index < -0.39 is 0 Å². The Morgan fingerprint density at radius 1 is 0.587 bits per heavy atom. The van der Waals surface area contributed by atoms with Gasteiger partial charge in [0, 0.05) is 51.4 Å². The van der Waals surface area contributed by atoms with E-state index >= 15 is 0 Å². The number of aliphatic imine (C=N–C) groups is 2. The monoisotopic (exact) mass is 703 g/mol. The summed E-state index contributed by atoms with van der Waals surface area (Å²) < 4.78 is 0. The van der Waals surface area contributed by atoms with Crippen LogP contribution in [0.3, 0.4) is 0 Å². The summed E-state index contributed by atoms with van der Waals surface area (Å²) in [5.41, 5.74) is 18.7.